The number of halogens is 1. The Hall–Kier alpha value is -3.86. The number of fused-ring (bicyclic) bond motifs is 1. The van der Waals surface area contributed by atoms with Crippen molar-refractivity contribution in [3.63, 3.8) is 0 Å². The van der Waals surface area contributed by atoms with Gasteiger partial charge < -0.3 is 29.3 Å². The second kappa shape index (κ2) is 16.7. The first kappa shape index (κ1) is 33.6. The summed E-state index contributed by atoms with van der Waals surface area (Å²) in [5.41, 5.74) is 4.61. The summed E-state index contributed by atoms with van der Waals surface area (Å²) in [5, 5.41) is 6.87. The number of nitrogens with one attached hydrogen (secondary N) is 2. The number of methoxy groups -OCH3 is 1. The highest BCUT2D eigenvalue weighted by molar-refractivity contribution is 7.79. The molecule has 4 rings (SSSR count). The van der Waals surface area contributed by atoms with Crippen molar-refractivity contribution in [3.05, 3.63) is 89.8 Å². The first-order valence-corrected chi connectivity index (χ1v) is 14.8. The normalized spacial score (nSPS) is 13.0. The summed E-state index contributed by atoms with van der Waals surface area (Å²) in [7, 11) is 2.89. The maximum atomic E-state index is 13.5. The first-order chi connectivity index (χ1) is 20.9. The van der Waals surface area contributed by atoms with Gasteiger partial charge in [-0.25, -0.2) is 9.18 Å². The van der Waals surface area contributed by atoms with E-state index < -0.39 is 5.97 Å². The van der Waals surface area contributed by atoms with Gasteiger partial charge in [-0.2, -0.15) is 12.6 Å². The standard InChI is InChI=1S/C32H35FN2O6.CH4S.H2/c1-5-20(24(6-2)32(37)38-4)19-40-16-15-39-14-13-35-27-18-28-26(17-25(27)21-7-8-21)29(31(36)34-3)30(41-28)22-9-11-23(33)12-10-22;1-2;/h5-6,9-12,17-18,21,35H,1-2,7-8,13-16,19H2,3-4H3,(H,34,36);2H,1H3;1H/b24-20-;;. The lowest BCUT2D eigenvalue weighted by molar-refractivity contribution is -0.135. The smallest absolute Gasteiger partial charge is 0.338 e. The van der Waals surface area contributed by atoms with Crippen molar-refractivity contribution in [3.8, 4) is 11.3 Å². The molecule has 0 bridgehead atoms. The van der Waals surface area contributed by atoms with Gasteiger partial charge >= 0.3 is 5.97 Å². The molecule has 1 aliphatic rings. The fourth-order valence-electron chi connectivity index (χ4n) is 4.56. The number of anilines is 1. The van der Waals surface area contributed by atoms with Crippen LogP contribution in [-0.2, 0) is 19.0 Å². The van der Waals surface area contributed by atoms with Crippen LogP contribution in [0.5, 0.6) is 0 Å². The summed E-state index contributed by atoms with van der Waals surface area (Å²) in [4.78, 5) is 24.7. The van der Waals surface area contributed by atoms with E-state index in [4.69, 9.17) is 18.6 Å². The molecule has 3 aromatic rings. The van der Waals surface area contributed by atoms with Crippen molar-refractivity contribution < 1.29 is 34.0 Å². The minimum absolute atomic E-state index is 0. The molecule has 1 fully saturated rings. The van der Waals surface area contributed by atoms with Gasteiger partial charge in [-0.1, -0.05) is 25.3 Å². The van der Waals surface area contributed by atoms with Crippen LogP contribution in [0.15, 0.2) is 77.3 Å². The molecule has 2 aromatic carbocycles. The van der Waals surface area contributed by atoms with Gasteiger partial charge in [0.1, 0.15) is 17.2 Å². The molecule has 0 radical (unpaired) electrons. The molecule has 0 saturated heterocycles. The Balaban J connectivity index is 0.00000220. The fraction of sp³-hybridized carbons (Fsp3) is 0.333. The molecule has 1 aliphatic carbocycles. The van der Waals surface area contributed by atoms with E-state index in [-0.39, 0.29) is 19.8 Å². The monoisotopic (exact) mass is 612 g/mol. The summed E-state index contributed by atoms with van der Waals surface area (Å²) in [5.74, 6) is -0.293. The quantitative estimate of drug-likeness (QED) is 0.0588. The molecule has 2 N–H and O–H groups in total. The number of carbonyl (C=O) groups excluding carboxylic acids is 2. The predicted molar refractivity (Wildman–Crippen MR) is 174 cm³/mol. The van der Waals surface area contributed by atoms with Gasteiger partial charge in [-0.05, 0) is 66.5 Å². The first-order valence-electron chi connectivity index (χ1n) is 13.9. The highest BCUT2D eigenvalue weighted by Crippen LogP contribution is 2.46. The van der Waals surface area contributed by atoms with Gasteiger partial charge in [0.05, 0.1) is 44.7 Å². The zero-order valence-corrected chi connectivity index (χ0v) is 25.7. The molecule has 8 nitrogen and oxygen atoms in total. The third kappa shape index (κ3) is 8.59. The predicted octanol–water partition coefficient (Wildman–Crippen LogP) is 6.55. The van der Waals surface area contributed by atoms with Crippen LogP contribution in [0.1, 0.15) is 36.1 Å². The molecule has 0 atom stereocenters. The van der Waals surface area contributed by atoms with Crippen molar-refractivity contribution in [2.45, 2.75) is 18.8 Å². The van der Waals surface area contributed by atoms with E-state index in [0.717, 1.165) is 29.5 Å². The van der Waals surface area contributed by atoms with Gasteiger partial charge in [0.15, 0.2) is 0 Å². The van der Waals surface area contributed by atoms with E-state index in [1.54, 1.807) is 31.5 Å². The summed E-state index contributed by atoms with van der Waals surface area (Å²) in [6.07, 6.45) is 6.83. The molecule has 1 aromatic heterocycles. The van der Waals surface area contributed by atoms with E-state index in [1.165, 1.54) is 25.3 Å². The molecule has 0 aliphatic heterocycles. The molecule has 232 valence electrons. The van der Waals surface area contributed by atoms with E-state index in [0.29, 0.717) is 65.9 Å². The number of amides is 1. The summed E-state index contributed by atoms with van der Waals surface area (Å²) < 4.78 is 35.8. The van der Waals surface area contributed by atoms with Crippen LogP contribution in [0, 0.1) is 5.82 Å². The summed E-state index contributed by atoms with van der Waals surface area (Å²) in [6, 6.07) is 9.86. The van der Waals surface area contributed by atoms with Crippen molar-refractivity contribution >= 4 is 41.2 Å². The highest BCUT2D eigenvalue weighted by atomic mass is 32.1. The van der Waals surface area contributed by atoms with Gasteiger partial charge in [0.2, 0.25) is 0 Å². The Morgan fingerprint density at radius 3 is 2.40 bits per heavy atom. The van der Waals surface area contributed by atoms with Crippen molar-refractivity contribution in [2.75, 3.05) is 58.7 Å². The Kier molecular flexibility index (Phi) is 13.1. The summed E-state index contributed by atoms with van der Waals surface area (Å²) in [6.45, 7) is 9.26. The average Bonchev–Trinajstić information content (AvgIpc) is 3.82. The van der Waals surface area contributed by atoms with Gasteiger partial charge in [-0.3, -0.25) is 4.79 Å². The molecule has 0 unspecified atom stereocenters. The second-order valence-corrected chi connectivity index (χ2v) is 9.53. The van der Waals surface area contributed by atoms with Crippen molar-refractivity contribution in [2.24, 2.45) is 0 Å². The lowest BCUT2D eigenvalue weighted by Crippen LogP contribution is -2.18. The zero-order valence-electron chi connectivity index (χ0n) is 24.8. The SMILES string of the molecule is C=C/C(COCCOCCNc1cc2oc(-c3ccc(F)cc3)c(C(=O)NC)c2cc1C1CC1)=C(\C=C)C(=O)OC.CS.[HH]. The van der Waals surface area contributed by atoms with Gasteiger partial charge in [0.25, 0.3) is 5.91 Å². The number of hydrogen-bond donors (Lipinski definition) is 3. The van der Waals surface area contributed by atoms with Crippen LogP contribution in [-0.4, -0.2) is 65.3 Å². The molecule has 1 saturated carbocycles. The van der Waals surface area contributed by atoms with Crippen LogP contribution in [0.3, 0.4) is 0 Å². The van der Waals surface area contributed by atoms with E-state index in [9.17, 15) is 14.0 Å². The van der Waals surface area contributed by atoms with Gasteiger partial charge in [-0.15, -0.1) is 0 Å². The summed E-state index contributed by atoms with van der Waals surface area (Å²) >= 11 is 3.53. The topological polar surface area (TPSA) is 99.0 Å². The molecule has 10 heteroatoms. The van der Waals surface area contributed by atoms with Crippen LogP contribution >= 0.6 is 12.6 Å². The van der Waals surface area contributed by atoms with Crippen molar-refractivity contribution in [1.82, 2.24) is 5.32 Å². The third-order valence-corrected chi connectivity index (χ3v) is 6.83. The number of rotatable bonds is 15. The number of ether oxygens (including phenoxy) is 3. The molecular weight excluding hydrogens is 571 g/mol. The molecule has 43 heavy (non-hydrogen) atoms. The van der Waals surface area contributed by atoms with Crippen LogP contribution in [0.4, 0.5) is 10.1 Å². The molecule has 0 spiro atoms. The van der Waals surface area contributed by atoms with Crippen LogP contribution in [0.2, 0.25) is 0 Å². The molecule has 1 amide bonds. The number of hydrogen-bond acceptors (Lipinski definition) is 8. The zero-order chi connectivity index (χ0) is 31.4. The maximum absolute atomic E-state index is 13.5. The number of furan rings is 1. The molecule has 1 heterocycles. The number of carbonyl (C=O) groups is 2. The lowest BCUT2D eigenvalue weighted by atomic mass is 10.0. The Bertz CT molecular complexity index is 1470. The van der Waals surface area contributed by atoms with Crippen molar-refractivity contribution in [1.29, 1.82) is 0 Å². The van der Waals surface area contributed by atoms with E-state index in [1.807, 2.05) is 12.1 Å². The van der Waals surface area contributed by atoms with Crippen LogP contribution in [0.25, 0.3) is 22.3 Å². The number of esters is 1. The lowest BCUT2D eigenvalue weighted by Gasteiger charge is -2.13. The van der Waals surface area contributed by atoms with Gasteiger partial charge in [0, 0.05) is 37.7 Å². The molecular formula is C33H41FN2O6S. The minimum Gasteiger partial charge on any atom is -0.465 e. The second-order valence-electron chi connectivity index (χ2n) is 9.53. The average molecular weight is 613 g/mol. The Morgan fingerprint density at radius 1 is 1.09 bits per heavy atom. The third-order valence-electron chi connectivity index (χ3n) is 6.83. The largest absolute Gasteiger partial charge is 0.465 e. The number of benzene rings is 2. The highest BCUT2D eigenvalue weighted by Gasteiger charge is 2.29. The fourth-order valence-corrected chi connectivity index (χ4v) is 4.56. The minimum atomic E-state index is -0.490. The Labute approximate surface area is 258 Å². The maximum Gasteiger partial charge on any atom is 0.338 e. The Morgan fingerprint density at radius 2 is 1.79 bits per heavy atom. The number of thiol groups is 1. The van der Waals surface area contributed by atoms with E-state index in [2.05, 4.69) is 36.4 Å². The van der Waals surface area contributed by atoms with E-state index >= 15 is 0 Å². The van der Waals surface area contributed by atoms with Crippen LogP contribution < -0.4 is 10.6 Å².